The van der Waals surface area contributed by atoms with Crippen LogP contribution in [0.2, 0.25) is 5.02 Å². The van der Waals surface area contributed by atoms with E-state index in [2.05, 4.69) is 34.3 Å². The minimum atomic E-state index is -0.235. The lowest BCUT2D eigenvalue weighted by Crippen LogP contribution is -2.10. The Hall–Kier alpha value is -1.40. The molecule has 19 heavy (non-hydrogen) atoms. The Balaban J connectivity index is 2.08. The molecule has 0 radical (unpaired) electrons. The fourth-order valence-corrected chi connectivity index (χ4v) is 2.68. The largest absolute Gasteiger partial charge is 0.303 e. The monoisotopic (exact) mass is 298 g/mol. The van der Waals surface area contributed by atoms with E-state index >= 15 is 0 Å². The molecule has 0 aromatic carbocycles. The van der Waals surface area contributed by atoms with E-state index in [0.29, 0.717) is 21.6 Å². The van der Waals surface area contributed by atoms with Gasteiger partial charge in [-0.2, -0.15) is 5.10 Å². The summed E-state index contributed by atoms with van der Waals surface area (Å²) >= 11 is 7.39. The van der Waals surface area contributed by atoms with Crippen molar-refractivity contribution < 1.29 is 4.79 Å². The summed E-state index contributed by atoms with van der Waals surface area (Å²) in [5.74, 6) is 0.634. The van der Waals surface area contributed by atoms with Crippen LogP contribution in [0.4, 0.5) is 5.82 Å². The van der Waals surface area contributed by atoms with Crippen LogP contribution in [0.15, 0.2) is 6.20 Å². The Bertz CT molecular complexity index is 590. The number of anilines is 1. The van der Waals surface area contributed by atoms with Gasteiger partial charge in [0.2, 0.25) is 0 Å². The maximum Gasteiger partial charge on any atom is 0.268 e. The van der Waals surface area contributed by atoms with Crippen LogP contribution in [-0.4, -0.2) is 21.1 Å². The molecule has 0 saturated heterocycles. The predicted octanol–water partition coefficient (Wildman–Crippen LogP) is 3.28. The van der Waals surface area contributed by atoms with Gasteiger partial charge in [0.1, 0.15) is 9.90 Å². The van der Waals surface area contributed by atoms with Crippen LogP contribution in [0.5, 0.6) is 0 Å². The van der Waals surface area contributed by atoms with Gasteiger partial charge in [-0.3, -0.25) is 9.89 Å². The van der Waals surface area contributed by atoms with Crippen molar-refractivity contribution in [2.24, 2.45) is 5.92 Å². The van der Waals surface area contributed by atoms with Gasteiger partial charge in [-0.15, -0.1) is 11.3 Å². The van der Waals surface area contributed by atoms with Crippen LogP contribution in [0, 0.1) is 12.8 Å². The maximum atomic E-state index is 12.0. The number of aromatic amines is 1. The smallest absolute Gasteiger partial charge is 0.268 e. The minimum Gasteiger partial charge on any atom is -0.303 e. The molecule has 0 aliphatic heterocycles. The van der Waals surface area contributed by atoms with Gasteiger partial charge in [0.15, 0.2) is 5.82 Å². The highest BCUT2D eigenvalue weighted by atomic mass is 35.5. The van der Waals surface area contributed by atoms with E-state index in [0.717, 1.165) is 17.1 Å². The summed E-state index contributed by atoms with van der Waals surface area (Å²) in [6, 6.07) is 0. The number of nitrogens with zero attached hydrogens (tertiary/aromatic N) is 2. The molecule has 0 aliphatic rings. The number of hydrogen-bond donors (Lipinski definition) is 2. The van der Waals surface area contributed by atoms with Gasteiger partial charge in [-0.25, -0.2) is 4.98 Å². The highest BCUT2D eigenvalue weighted by Crippen LogP contribution is 2.23. The highest BCUT2D eigenvalue weighted by Gasteiger charge is 2.15. The Morgan fingerprint density at radius 2 is 2.32 bits per heavy atom. The molecule has 0 spiro atoms. The van der Waals surface area contributed by atoms with Gasteiger partial charge < -0.3 is 5.32 Å². The number of H-pyrrole nitrogens is 1. The fourth-order valence-electron chi connectivity index (χ4n) is 1.53. The lowest BCUT2D eigenvalue weighted by atomic mass is 10.1. The van der Waals surface area contributed by atoms with Gasteiger partial charge in [0, 0.05) is 6.42 Å². The second kappa shape index (κ2) is 5.71. The van der Waals surface area contributed by atoms with Crippen molar-refractivity contribution in [3.05, 3.63) is 26.8 Å². The van der Waals surface area contributed by atoms with Crippen molar-refractivity contribution in [1.82, 2.24) is 15.2 Å². The molecule has 2 aromatic heterocycles. The molecule has 7 heteroatoms. The van der Waals surface area contributed by atoms with Crippen molar-refractivity contribution >= 4 is 34.7 Å². The summed E-state index contributed by atoms with van der Waals surface area (Å²) in [5, 5.41) is 10.7. The number of amides is 1. The van der Waals surface area contributed by atoms with E-state index in [1.807, 2.05) is 0 Å². The lowest BCUT2D eigenvalue weighted by molar-refractivity contribution is 0.103. The van der Waals surface area contributed by atoms with E-state index in [4.69, 9.17) is 11.6 Å². The zero-order valence-corrected chi connectivity index (χ0v) is 12.5. The third-order valence-electron chi connectivity index (χ3n) is 2.46. The van der Waals surface area contributed by atoms with Crippen molar-refractivity contribution in [2.75, 3.05) is 5.32 Å². The van der Waals surface area contributed by atoms with E-state index in [1.54, 1.807) is 13.1 Å². The van der Waals surface area contributed by atoms with Gasteiger partial charge in [0.25, 0.3) is 5.91 Å². The number of thiazole rings is 1. The molecular weight excluding hydrogens is 284 g/mol. The second-order valence-electron chi connectivity index (χ2n) is 4.68. The van der Waals surface area contributed by atoms with Crippen LogP contribution >= 0.6 is 22.9 Å². The van der Waals surface area contributed by atoms with Crippen LogP contribution in [-0.2, 0) is 6.42 Å². The molecule has 2 rings (SSSR count). The molecule has 2 N–H and O–H groups in total. The SMILES string of the molecule is Cc1[nH]nc(NC(=O)c2cnc(CC(C)C)s2)c1Cl. The first kappa shape index (κ1) is 14.0. The Labute approximate surface area is 120 Å². The van der Waals surface area contributed by atoms with Gasteiger partial charge in [-0.05, 0) is 12.8 Å². The third kappa shape index (κ3) is 3.33. The molecule has 0 bridgehead atoms. The normalized spacial score (nSPS) is 11.0. The molecule has 0 aliphatic carbocycles. The van der Waals surface area contributed by atoms with Crippen molar-refractivity contribution in [1.29, 1.82) is 0 Å². The quantitative estimate of drug-likeness (QED) is 0.910. The number of hydrogen-bond acceptors (Lipinski definition) is 4. The standard InChI is InChI=1S/C12H15ClN4OS/c1-6(2)4-9-14-5-8(19-9)12(18)15-11-10(13)7(3)16-17-11/h5-6H,4H2,1-3H3,(H2,15,16,17,18). The molecule has 1 amide bonds. The molecule has 0 saturated carbocycles. The van der Waals surface area contributed by atoms with Crippen LogP contribution in [0.1, 0.15) is 34.2 Å². The number of aromatic nitrogens is 3. The third-order valence-corrected chi connectivity index (χ3v) is 3.95. The summed E-state index contributed by atoms with van der Waals surface area (Å²) in [6.45, 7) is 6.03. The number of nitrogens with one attached hydrogen (secondary N) is 2. The first-order valence-corrected chi connectivity index (χ1v) is 7.13. The molecular formula is C12H15ClN4OS. The highest BCUT2D eigenvalue weighted by molar-refractivity contribution is 7.13. The molecule has 0 fully saturated rings. The number of carbonyl (C=O) groups is 1. The summed E-state index contributed by atoms with van der Waals surface area (Å²) in [5.41, 5.74) is 0.724. The second-order valence-corrected chi connectivity index (χ2v) is 6.17. The summed E-state index contributed by atoms with van der Waals surface area (Å²) in [6.07, 6.45) is 2.46. The van der Waals surface area contributed by atoms with Crippen LogP contribution in [0.25, 0.3) is 0 Å². The summed E-state index contributed by atoms with van der Waals surface area (Å²) < 4.78 is 0. The predicted molar refractivity (Wildman–Crippen MR) is 76.9 cm³/mol. The maximum absolute atomic E-state index is 12.0. The topological polar surface area (TPSA) is 70.7 Å². The van der Waals surface area contributed by atoms with E-state index in [-0.39, 0.29) is 5.91 Å². The summed E-state index contributed by atoms with van der Waals surface area (Å²) in [4.78, 5) is 16.8. The average Bonchev–Trinajstić information content (AvgIpc) is 2.90. The van der Waals surface area contributed by atoms with E-state index < -0.39 is 0 Å². The number of aryl methyl sites for hydroxylation is 1. The zero-order valence-electron chi connectivity index (χ0n) is 11.0. The number of carbonyl (C=O) groups excluding carboxylic acids is 1. The minimum absolute atomic E-state index is 0.235. The molecule has 2 aromatic rings. The van der Waals surface area contributed by atoms with Gasteiger partial charge in [0.05, 0.1) is 16.9 Å². The Morgan fingerprint density at radius 1 is 1.58 bits per heavy atom. The Kier molecular flexibility index (Phi) is 4.21. The van der Waals surface area contributed by atoms with Crippen molar-refractivity contribution in [2.45, 2.75) is 27.2 Å². The summed E-state index contributed by atoms with van der Waals surface area (Å²) in [7, 11) is 0. The molecule has 102 valence electrons. The first-order valence-electron chi connectivity index (χ1n) is 5.94. The zero-order chi connectivity index (χ0) is 14.0. The van der Waals surface area contributed by atoms with Crippen LogP contribution < -0.4 is 5.32 Å². The molecule has 0 atom stereocenters. The van der Waals surface area contributed by atoms with Crippen molar-refractivity contribution in [3.63, 3.8) is 0 Å². The van der Waals surface area contributed by atoms with Gasteiger partial charge in [-0.1, -0.05) is 25.4 Å². The van der Waals surface area contributed by atoms with Crippen molar-refractivity contribution in [3.8, 4) is 0 Å². The molecule has 2 heterocycles. The fraction of sp³-hybridized carbons (Fsp3) is 0.417. The molecule has 0 unspecified atom stereocenters. The van der Waals surface area contributed by atoms with E-state index in [9.17, 15) is 4.79 Å². The first-order chi connectivity index (χ1) is 8.97. The molecule has 5 nitrogen and oxygen atoms in total. The lowest BCUT2D eigenvalue weighted by Gasteiger charge is -2.00. The average molecular weight is 299 g/mol. The number of rotatable bonds is 4. The van der Waals surface area contributed by atoms with E-state index in [1.165, 1.54) is 11.3 Å². The van der Waals surface area contributed by atoms with Gasteiger partial charge >= 0.3 is 0 Å². The number of halogens is 1. The van der Waals surface area contributed by atoms with Crippen LogP contribution in [0.3, 0.4) is 0 Å². The Morgan fingerprint density at radius 3 is 2.89 bits per heavy atom.